The molecule has 0 aromatic heterocycles. The second-order valence-electron chi connectivity index (χ2n) is 18.5. The molecule has 2 atom stereocenters. The third-order valence-electron chi connectivity index (χ3n) is 12.4. The Kier molecular flexibility index (Phi) is 36.7. The summed E-state index contributed by atoms with van der Waals surface area (Å²) in [5, 5.41) is 34.9. The Morgan fingerprint density at radius 3 is 0.886 bits per heavy atom. The maximum Gasteiger partial charge on any atom is 0.331 e. The molecule has 8 aromatic carbocycles. The number of aliphatic carboxylic acids is 4. The number of carboxylic acids is 4. The lowest BCUT2D eigenvalue weighted by Crippen LogP contribution is -2.15. The quantitative estimate of drug-likeness (QED) is 0.0414. The molecule has 4 N–H and O–H groups in total. The standard InChI is InChI=1S/C17H16O3.C17H14O3.C17H16O3.C17H14O3.4C2H6/c2*1-12(11-16(18)19)17(20)15-9-7-14(8-10-15)13-5-3-2-4-6-13;2*1-12(17(19)20)11-16(18)15-9-7-14(8-10-15)13-5-3-2-4-6-13;4*1-2/h2-10,12H,11H2,1H3,(H,18,19);2-10H,1,11H2,(H,18,19);2-10,12H,11H2,1H3,(H,19,20);2-10H,1,11H2,(H,19,20);4*1-2H3. The summed E-state index contributed by atoms with van der Waals surface area (Å²) in [4.78, 5) is 90.5. The molecule has 0 saturated heterocycles. The first kappa shape index (κ1) is 75.8. The van der Waals surface area contributed by atoms with Crippen LogP contribution in [0.3, 0.4) is 0 Å². The number of carbonyl (C=O) groups is 8. The number of ketones is 4. The highest BCUT2D eigenvalue weighted by atomic mass is 16.4. The molecule has 8 aromatic rings. The van der Waals surface area contributed by atoms with Gasteiger partial charge in [-0.15, -0.1) is 0 Å². The van der Waals surface area contributed by atoms with Gasteiger partial charge in [0.15, 0.2) is 23.1 Å². The van der Waals surface area contributed by atoms with Crippen molar-refractivity contribution in [2.75, 3.05) is 0 Å². The number of hydrogen-bond acceptors (Lipinski definition) is 8. The molecule has 0 radical (unpaired) electrons. The van der Waals surface area contributed by atoms with Crippen LogP contribution in [0.2, 0.25) is 0 Å². The van der Waals surface area contributed by atoms with Crippen LogP contribution in [0.1, 0.15) is 136 Å². The molecular weight excluding hydrogens is 1100 g/mol. The van der Waals surface area contributed by atoms with Crippen LogP contribution in [-0.2, 0) is 19.2 Å². The molecular formula is C76H84O12. The van der Waals surface area contributed by atoms with Crippen LogP contribution in [0.15, 0.2) is 243 Å². The van der Waals surface area contributed by atoms with E-state index in [1.807, 2.05) is 225 Å². The average Bonchev–Trinajstić information content (AvgIpc) is 3.78. The first-order chi connectivity index (χ1) is 42.3. The van der Waals surface area contributed by atoms with Gasteiger partial charge in [0.1, 0.15) is 0 Å². The van der Waals surface area contributed by atoms with Gasteiger partial charge < -0.3 is 20.4 Å². The van der Waals surface area contributed by atoms with Crippen molar-refractivity contribution >= 4 is 47.0 Å². The van der Waals surface area contributed by atoms with Crippen LogP contribution in [-0.4, -0.2) is 67.4 Å². The molecule has 0 spiro atoms. The molecule has 460 valence electrons. The summed E-state index contributed by atoms with van der Waals surface area (Å²) in [5.74, 6) is -6.09. The zero-order valence-corrected chi connectivity index (χ0v) is 52.2. The number of carboxylic acid groups (broad SMARTS) is 4. The van der Waals surface area contributed by atoms with Gasteiger partial charge in [0.2, 0.25) is 0 Å². The Morgan fingerprint density at radius 2 is 0.602 bits per heavy atom. The molecule has 0 heterocycles. The molecule has 0 fully saturated rings. The maximum atomic E-state index is 12.1. The number of Topliss-reactive ketones (excluding diaryl/α,β-unsaturated/α-hetero) is 4. The van der Waals surface area contributed by atoms with E-state index in [0.29, 0.717) is 22.3 Å². The van der Waals surface area contributed by atoms with E-state index in [-0.39, 0.29) is 60.0 Å². The second kappa shape index (κ2) is 42.6. The Morgan fingerprint density at radius 1 is 0.318 bits per heavy atom. The van der Waals surface area contributed by atoms with Crippen molar-refractivity contribution < 1.29 is 58.8 Å². The van der Waals surface area contributed by atoms with Crippen molar-refractivity contribution in [3.05, 3.63) is 265 Å². The molecule has 88 heavy (non-hydrogen) atoms. The summed E-state index contributed by atoms with van der Waals surface area (Å²) < 4.78 is 0. The van der Waals surface area contributed by atoms with E-state index >= 15 is 0 Å². The number of carbonyl (C=O) groups excluding carboxylic acids is 4. The van der Waals surface area contributed by atoms with Crippen LogP contribution in [0.25, 0.3) is 44.5 Å². The Labute approximate surface area is 519 Å². The van der Waals surface area contributed by atoms with E-state index in [0.717, 1.165) is 44.5 Å². The molecule has 0 amide bonds. The van der Waals surface area contributed by atoms with E-state index in [1.165, 1.54) is 0 Å². The van der Waals surface area contributed by atoms with E-state index in [9.17, 15) is 38.4 Å². The van der Waals surface area contributed by atoms with E-state index in [4.69, 9.17) is 20.4 Å². The van der Waals surface area contributed by atoms with Crippen molar-refractivity contribution in [3.63, 3.8) is 0 Å². The maximum absolute atomic E-state index is 12.1. The average molecular weight is 1190 g/mol. The smallest absolute Gasteiger partial charge is 0.331 e. The fourth-order valence-electron chi connectivity index (χ4n) is 7.82. The lowest BCUT2D eigenvalue weighted by Gasteiger charge is -2.08. The van der Waals surface area contributed by atoms with Crippen LogP contribution in [0.5, 0.6) is 0 Å². The fourth-order valence-corrected chi connectivity index (χ4v) is 7.82. The zero-order valence-electron chi connectivity index (χ0n) is 52.2. The van der Waals surface area contributed by atoms with Crippen LogP contribution in [0, 0.1) is 11.8 Å². The highest BCUT2D eigenvalue weighted by Gasteiger charge is 2.19. The third kappa shape index (κ3) is 26.8. The first-order valence-electron chi connectivity index (χ1n) is 29.3. The number of rotatable bonds is 20. The summed E-state index contributed by atoms with van der Waals surface area (Å²) in [6.45, 7) is 26.1. The molecule has 12 nitrogen and oxygen atoms in total. The largest absolute Gasteiger partial charge is 0.481 e. The summed E-state index contributed by atoms with van der Waals surface area (Å²) >= 11 is 0. The van der Waals surface area contributed by atoms with Crippen LogP contribution < -0.4 is 0 Å². The molecule has 0 aliphatic rings. The third-order valence-corrected chi connectivity index (χ3v) is 12.4. The normalized spacial score (nSPS) is 10.2. The number of benzene rings is 8. The van der Waals surface area contributed by atoms with E-state index in [1.54, 1.807) is 62.4 Å². The van der Waals surface area contributed by atoms with Crippen molar-refractivity contribution in [2.24, 2.45) is 11.8 Å². The van der Waals surface area contributed by atoms with Gasteiger partial charge in [-0.3, -0.25) is 33.6 Å². The van der Waals surface area contributed by atoms with Gasteiger partial charge in [-0.2, -0.15) is 0 Å². The molecule has 0 bridgehead atoms. The predicted molar refractivity (Wildman–Crippen MR) is 356 cm³/mol. The van der Waals surface area contributed by atoms with Gasteiger partial charge in [-0.05, 0) is 44.5 Å². The second-order valence-corrected chi connectivity index (χ2v) is 18.5. The minimum atomic E-state index is -1.14. The van der Waals surface area contributed by atoms with Gasteiger partial charge in [0.05, 0.1) is 18.8 Å². The SMILES string of the molecule is C=C(CC(=O)O)C(=O)c1ccc(-c2ccccc2)cc1.C=C(CC(=O)c1ccc(-c2ccccc2)cc1)C(=O)O.CC.CC.CC.CC.CC(CC(=O)O)C(=O)c1ccc(-c2ccccc2)cc1.CC(CC(=O)c1ccc(-c2ccccc2)cc1)C(=O)O. The molecule has 12 heteroatoms. The van der Waals surface area contributed by atoms with Gasteiger partial charge in [0, 0.05) is 52.2 Å². The zero-order chi connectivity index (χ0) is 66.1. The molecule has 0 saturated carbocycles. The van der Waals surface area contributed by atoms with Gasteiger partial charge >= 0.3 is 23.9 Å². The first-order valence-corrected chi connectivity index (χ1v) is 29.3. The topological polar surface area (TPSA) is 217 Å². The van der Waals surface area contributed by atoms with Crippen molar-refractivity contribution in [3.8, 4) is 44.5 Å². The monoisotopic (exact) mass is 1190 g/mol. The van der Waals surface area contributed by atoms with Crippen molar-refractivity contribution in [1.82, 2.24) is 0 Å². The van der Waals surface area contributed by atoms with Gasteiger partial charge in [0.25, 0.3) is 0 Å². The lowest BCUT2D eigenvalue weighted by molar-refractivity contribution is -0.141. The summed E-state index contributed by atoms with van der Waals surface area (Å²) in [5.41, 5.74) is 10.4. The van der Waals surface area contributed by atoms with Crippen LogP contribution >= 0.6 is 0 Å². The predicted octanol–water partition coefficient (Wildman–Crippen LogP) is 18.5. The summed E-state index contributed by atoms with van der Waals surface area (Å²) in [7, 11) is 0. The fraction of sp³-hybridized carbons (Fsp3) is 0.211. The summed E-state index contributed by atoms with van der Waals surface area (Å²) in [6.07, 6.45) is -0.613. The minimum Gasteiger partial charge on any atom is -0.481 e. The lowest BCUT2D eigenvalue weighted by atomic mass is 9.95. The molecule has 2 unspecified atom stereocenters. The van der Waals surface area contributed by atoms with Gasteiger partial charge in [-0.1, -0.05) is 301 Å². The molecule has 0 aliphatic heterocycles. The van der Waals surface area contributed by atoms with E-state index in [2.05, 4.69) is 13.2 Å². The molecule has 0 aliphatic carbocycles. The minimum absolute atomic E-state index is 0.0278. The Balaban J connectivity index is 0.000000564. The van der Waals surface area contributed by atoms with Gasteiger partial charge in [-0.25, -0.2) is 4.79 Å². The van der Waals surface area contributed by atoms with E-state index < -0.39 is 35.7 Å². The molecule has 8 rings (SSSR count). The van der Waals surface area contributed by atoms with Crippen molar-refractivity contribution in [2.45, 2.75) is 94.9 Å². The Hall–Kier alpha value is -10.2. The number of hydrogen-bond donors (Lipinski definition) is 4. The highest BCUT2D eigenvalue weighted by Crippen LogP contribution is 2.25. The highest BCUT2D eigenvalue weighted by molar-refractivity contribution is 6.10. The summed E-state index contributed by atoms with van der Waals surface area (Å²) in [6, 6.07) is 68.1. The Bertz CT molecular complexity index is 3410. The van der Waals surface area contributed by atoms with Crippen molar-refractivity contribution in [1.29, 1.82) is 0 Å². The van der Waals surface area contributed by atoms with Crippen LogP contribution in [0.4, 0.5) is 0 Å².